The Morgan fingerprint density at radius 1 is 1.32 bits per heavy atom. The molecule has 0 radical (unpaired) electrons. The van der Waals surface area contributed by atoms with Crippen LogP contribution in [0.2, 0.25) is 0 Å². The van der Waals surface area contributed by atoms with Crippen molar-refractivity contribution in [3.05, 3.63) is 23.8 Å². The zero-order chi connectivity index (χ0) is 14.0. The molecule has 0 aliphatic carbocycles. The van der Waals surface area contributed by atoms with Crippen LogP contribution in [0.4, 0.5) is 20.2 Å². The van der Waals surface area contributed by atoms with Crippen molar-refractivity contribution >= 4 is 11.4 Å². The number of halogens is 2. The average Bonchev–Trinajstić information content (AvgIpc) is 2.38. The Bertz CT molecular complexity index is 429. The van der Waals surface area contributed by atoms with Gasteiger partial charge in [-0.2, -0.15) is 0 Å². The molecule has 1 saturated heterocycles. The van der Waals surface area contributed by atoms with E-state index in [4.69, 9.17) is 5.73 Å². The predicted octanol–water partition coefficient (Wildman–Crippen LogP) is 2.80. The lowest BCUT2D eigenvalue weighted by molar-refractivity contribution is 0.109. The summed E-state index contributed by atoms with van der Waals surface area (Å²) in [4.78, 5) is 1.96. The van der Waals surface area contributed by atoms with Gasteiger partial charge in [0.2, 0.25) is 0 Å². The number of benzene rings is 1. The number of nitrogens with zero attached hydrogens (tertiary/aromatic N) is 1. The van der Waals surface area contributed by atoms with Crippen LogP contribution in [0.25, 0.3) is 0 Å². The normalized spacial score (nSPS) is 18.9. The van der Waals surface area contributed by atoms with Gasteiger partial charge in [-0.3, -0.25) is 0 Å². The molecule has 1 aliphatic heterocycles. The van der Waals surface area contributed by atoms with Crippen molar-refractivity contribution in [1.82, 2.24) is 0 Å². The van der Waals surface area contributed by atoms with E-state index in [0.29, 0.717) is 24.5 Å². The molecule has 1 unspecified atom stereocenters. The van der Waals surface area contributed by atoms with Gasteiger partial charge in [-0.25, -0.2) is 8.78 Å². The summed E-state index contributed by atoms with van der Waals surface area (Å²) < 4.78 is 26.1. The molecular weight excluding hydrogens is 250 g/mol. The van der Waals surface area contributed by atoms with Crippen molar-refractivity contribution in [2.45, 2.75) is 32.3 Å². The smallest absolute Gasteiger partial charge is 0.265 e. The van der Waals surface area contributed by atoms with Gasteiger partial charge in [0, 0.05) is 30.0 Å². The maximum Gasteiger partial charge on any atom is 0.265 e. The molecule has 0 amide bonds. The van der Waals surface area contributed by atoms with Gasteiger partial charge in [-0.1, -0.05) is 0 Å². The zero-order valence-electron chi connectivity index (χ0n) is 11.0. The molecule has 106 valence electrons. The third kappa shape index (κ3) is 3.15. The first-order valence-corrected chi connectivity index (χ1v) is 6.59. The number of anilines is 2. The third-order valence-corrected chi connectivity index (χ3v) is 3.85. The molecule has 1 aromatic carbocycles. The second-order valence-electron chi connectivity index (χ2n) is 5.18. The first kappa shape index (κ1) is 14.1. The van der Waals surface area contributed by atoms with Crippen LogP contribution in [-0.2, 0) is 0 Å². The summed E-state index contributed by atoms with van der Waals surface area (Å²) >= 11 is 0. The average molecular weight is 270 g/mol. The van der Waals surface area contributed by atoms with E-state index in [1.807, 2.05) is 4.90 Å². The van der Waals surface area contributed by atoms with E-state index in [1.54, 1.807) is 19.1 Å². The second-order valence-corrected chi connectivity index (χ2v) is 5.18. The Morgan fingerprint density at radius 3 is 2.47 bits per heavy atom. The minimum atomic E-state index is -2.52. The summed E-state index contributed by atoms with van der Waals surface area (Å²) in [6, 6.07) is 4.67. The number of nitrogen functional groups attached to an aromatic ring is 1. The molecule has 19 heavy (non-hydrogen) atoms. The van der Waals surface area contributed by atoms with E-state index in [9.17, 15) is 13.9 Å². The summed E-state index contributed by atoms with van der Waals surface area (Å²) in [6.45, 7) is 3.17. The van der Waals surface area contributed by atoms with E-state index >= 15 is 0 Å². The minimum Gasteiger partial charge on any atom is -0.399 e. The number of nitrogens with two attached hydrogens (primary N) is 1. The Labute approximate surface area is 112 Å². The van der Waals surface area contributed by atoms with Crippen molar-refractivity contribution in [2.24, 2.45) is 5.92 Å². The van der Waals surface area contributed by atoms with Crippen LogP contribution in [0.3, 0.4) is 0 Å². The van der Waals surface area contributed by atoms with Crippen molar-refractivity contribution < 1.29 is 13.9 Å². The summed E-state index contributed by atoms with van der Waals surface area (Å²) in [5, 5.41) is 9.56. The van der Waals surface area contributed by atoms with Crippen LogP contribution < -0.4 is 10.6 Å². The summed E-state index contributed by atoms with van der Waals surface area (Å²) in [5.74, 6) is 0.264. The second kappa shape index (κ2) is 5.74. The van der Waals surface area contributed by atoms with E-state index in [-0.39, 0.29) is 17.6 Å². The maximum absolute atomic E-state index is 13.0. The van der Waals surface area contributed by atoms with Gasteiger partial charge in [0.1, 0.15) is 0 Å². The Hall–Kier alpha value is -1.36. The largest absolute Gasteiger partial charge is 0.399 e. The number of rotatable bonds is 3. The van der Waals surface area contributed by atoms with Crippen molar-refractivity contribution in [1.29, 1.82) is 0 Å². The summed E-state index contributed by atoms with van der Waals surface area (Å²) in [5.41, 5.74) is 6.49. The predicted molar refractivity (Wildman–Crippen MR) is 72.4 cm³/mol. The number of piperidine rings is 1. The van der Waals surface area contributed by atoms with E-state index in [1.165, 1.54) is 6.07 Å². The molecule has 0 spiro atoms. The molecule has 3 N–H and O–H groups in total. The summed E-state index contributed by atoms with van der Waals surface area (Å²) in [7, 11) is 0. The van der Waals surface area contributed by atoms with Crippen LogP contribution in [0.15, 0.2) is 18.2 Å². The monoisotopic (exact) mass is 270 g/mol. The van der Waals surface area contributed by atoms with Crippen LogP contribution in [0.5, 0.6) is 0 Å². The van der Waals surface area contributed by atoms with Crippen LogP contribution in [0, 0.1) is 5.92 Å². The van der Waals surface area contributed by atoms with Gasteiger partial charge >= 0.3 is 0 Å². The van der Waals surface area contributed by atoms with E-state index in [2.05, 4.69) is 0 Å². The summed E-state index contributed by atoms with van der Waals surface area (Å²) in [6.07, 6.45) is -1.20. The van der Waals surface area contributed by atoms with Crippen LogP contribution in [0.1, 0.15) is 31.8 Å². The molecule has 0 bridgehead atoms. The first-order valence-electron chi connectivity index (χ1n) is 6.59. The van der Waals surface area contributed by atoms with Crippen LogP contribution in [-0.4, -0.2) is 24.3 Å². The van der Waals surface area contributed by atoms with Gasteiger partial charge in [0.25, 0.3) is 6.43 Å². The van der Waals surface area contributed by atoms with Crippen molar-refractivity contribution in [3.63, 3.8) is 0 Å². The highest BCUT2D eigenvalue weighted by Crippen LogP contribution is 2.34. The number of alkyl halides is 2. The van der Waals surface area contributed by atoms with Crippen LogP contribution >= 0.6 is 0 Å². The van der Waals surface area contributed by atoms with Gasteiger partial charge in [0.05, 0.1) is 6.10 Å². The van der Waals surface area contributed by atoms with E-state index < -0.39 is 6.43 Å². The zero-order valence-corrected chi connectivity index (χ0v) is 11.0. The van der Waals surface area contributed by atoms with Gasteiger partial charge in [-0.15, -0.1) is 0 Å². The molecule has 0 saturated carbocycles. The molecule has 2 rings (SSSR count). The number of hydrogen-bond donors (Lipinski definition) is 2. The van der Waals surface area contributed by atoms with Crippen molar-refractivity contribution in [2.75, 3.05) is 23.7 Å². The molecule has 3 nitrogen and oxygen atoms in total. The molecule has 1 heterocycles. The highest BCUT2D eigenvalue weighted by molar-refractivity contribution is 5.60. The fourth-order valence-electron chi connectivity index (χ4n) is 2.66. The Kier molecular flexibility index (Phi) is 4.24. The lowest BCUT2D eigenvalue weighted by Gasteiger charge is -2.35. The quantitative estimate of drug-likeness (QED) is 0.830. The third-order valence-electron chi connectivity index (χ3n) is 3.85. The Balaban J connectivity index is 2.15. The highest BCUT2D eigenvalue weighted by Gasteiger charge is 2.25. The number of hydrogen-bond acceptors (Lipinski definition) is 3. The molecule has 0 aromatic heterocycles. The lowest BCUT2D eigenvalue weighted by atomic mass is 9.91. The van der Waals surface area contributed by atoms with Gasteiger partial charge < -0.3 is 15.7 Å². The molecule has 5 heteroatoms. The molecule has 1 fully saturated rings. The number of aliphatic hydroxyl groups excluding tert-OH is 1. The van der Waals surface area contributed by atoms with Gasteiger partial charge in [-0.05, 0) is 43.9 Å². The fourth-order valence-corrected chi connectivity index (χ4v) is 2.66. The number of aliphatic hydroxyl groups is 1. The SMILES string of the molecule is CC(O)C1CCN(c2ccc(N)cc2C(F)F)CC1. The topological polar surface area (TPSA) is 49.5 Å². The molecule has 1 aromatic rings. The standard InChI is InChI=1S/C14H20F2N2O/c1-9(19)10-4-6-18(7-5-10)13-3-2-11(17)8-12(13)14(15)16/h2-3,8-10,14,19H,4-7,17H2,1H3. The van der Waals surface area contributed by atoms with Crippen molar-refractivity contribution in [3.8, 4) is 0 Å². The molecule has 1 atom stereocenters. The first-order chi connectivity index (χ1) is 8.99. The highest BCUT2D eigenvalue weighted by atomic mass is 19.3. The fraction of sp³-hybridized carbons (Fsp3) is 0.571. The maximum atomic E-state index is 13.0. The van der Waals surface area contributed by atoms with Gasteiger partial charge in [0.15, 0.2) is 0 Å². The lowest BCUT2D eigenvalue weighted by Crippen LogP contribution is -2.37. The molecular formula is C14H20F2N2O. The van der Waals surface area contributed by atoms with E-state index in [0.717, 1.165) is 12.8 Å². The Morgan fingerprint density at radius 2 is 1.95 bits per heavy atom. The molecule has 1 aliphatic rings. The minimum absolute atomic E-state index is 0.00417.